The molecule has 0 saturated carbocycles. The molecule has 43 heavy (non-hydrogen) atoms. The van der Waals surface area contributed by atoms with Crippen molar-refractivity contribution in [3.05, 3.63) is 12.4 Å². The van der Waals surface area contributed by atoms with Crippen LogP contribution in [-0.2, 0) is 23.2 Å². The molecule has 252 valence electrons. The first kappa shape index (κ1) is 49.8. The normalized spacial score (nSPS) is 14.0. The third-order valence-electron chi connectivity index (χ3n) is 6.00. The topological polar surface area (TPSA) is 117 Å². The maximum absolute atomic E-state index is 12.7. The SMILES string of the molecule is C.C=CP(C)(C)=O.CC(C)C(C)OC(=S)SC(CC(CCC#N)P(C)(C)=O)P(C)(C)=O.CC(C)C(C)OC(=S)SCC#N. The van der Waals surface area contributed by atoms with Crippen LogP contribution in [0.5, 0.6) is 0 Å². The second-order valence-electron chi connectivity index (χ2n) is 11.7. The van der Waals surface area contributed by atoms with E-state index in [1.807, 2.05) is 19.9 Å². The van der Waals surface area contributed by atoms with Crippen LogP contribution < -0.4 is 0 Å². The van der Waals surface area contributed by atoms with E-state index in [4.69, 9.17) is 44.4 Å². The van der Waals surface area contributed by atoms with Crippen molar-refractivity contribution in [2.45, 2.75) is 91.1 Å². The zero-order valence-electron chi connectivity index (χ0n) is 27.5. The van der Waals surface area contributed by atoms with Gasteiger partial charge in [0.15, 0.2) is 0 Å². The predicted octanol–water partition coefficient (Wildman–Crippen LogP) is 10.7. The van der Waals surface area contributed by atoms with E-state index in [-0.39, 0.29) is 30.3 Å². The molecule has 0 aromatic carbocycles. The van der Waals surface area contributed by atoms with Gasteiger partial charge in [0, 0.05) is 12.1 Å². The number of nitrogens with zero attached hydrogens (tertiary/aromatic N) is 2. The lowest BCUT2D eigenvalue weighted by atomic mass is 10.1. The van der Waals surface area contributed by atoms with E-state index in [1.165, 1.54) is 29.3 Å². The van der Waals surface area contributed by atoms with Gasteiger partial charge in [0.2, 0.25) is 8.77 Å². The maximum Gasteiger partial charge on any atom is 0.221 e. The van der Waals surface area contributed by atoms with Gasteiger partial charge in [-0.3, -0.25) is 0 Å². The minimum absolute atomic E-state index is 0. The Balaban J connectivity index is -0.000000332. The second kappa shape index (κ2) is 25.0. The van der Waals surface area contributed by atoms with Crippen molar-refractivity contribution in [2.75, 3.05) is 45.7 Å². The number of thiocarbonyl (C=S) groups is 2. The largest absolute Gasteiger partial charge is 0.475 e. The zero-order valence-corrected chi connectivity index (χ0v) is 33.4. The molecule has 4 atom stereocenters. The van der Waals surface area contributed by atoms with Crippen LogP contribution in [0.1, 0.15) is 68.2 Å². The summed E-state index contributed by atoms with van der Waals surface area (Å²) in [4.78, 5) is -0.235. The molecule has 0 aliphatic heterocycles. The van der Waals surface area contributed by atoms with E-state index < -0.39 is 21.4 Å². The summed E-state index contributed by atoms with van der Waals surface area (Å²) in [5.74, 6) is 2.65. The summed E-state index contributed by atoms with van der Waals surface area (Å²) < 4.78 is 47.7. The van der Waals surface area contributed by atoms with Gasteiger partial charge >= 0.3 is 0 Å². The van der Waals surface area contributed by atoms with Crippen LogP contribution in [-0.4, -0.2) is 77.4 Å². The number of hydrogen-bond acceptors (Lipinski definition) is 11. The maximum atomic E-state index is 12.7. The number of ether oxygens (including phenoxy) is 2. The van der Waals surface area contributed by atoms with Gasteiger partial charge < -0.3 is 23.2 Å². The summed E-state index contributed by atoms with van der Waals surface area (Å²) in [7, 11) is -6.73. The van der Waals surface area contributed by atoms with E-state index in [1.54, 1.807) is 40.0 Å². The second-order valence-corrected chi connectivity index (χ2v) is 25.8. The monoisotopic (exact) mass is 734 g/mol. The summed E-state index contributed by atoms with van der Waals surface area (Å²) in [5, 5.41) is 17.1. The molecular formula is C29H57N2O5P3S4. The molecule has 14 heteroatoms. The van der Waals surface area contributed by atoms with E-state index in [0.717, 1.165) is 0 Å². The van der Waals surface area contributed by atoms with Crippen molar-refractivity contribution in [1.29, 1.82) is 10.5 Å². The van der Waals surface area contributed by atoms with Gasteiger partial charge in [0.1, 0.15) is 7.14 Å². The number of thioether (sulfide) groups is 2. The van der Waals surface area contributed by atoms with Gasteiger partial charge in [-0.05, 0) is 109 Å². The van der Waals surface area contributed by atoms with Crippen molar-refractivity contribution < 1.29 is 23.2 Å². The van der Waals surface area contributed by atoms with Crippen LogP contribution in [0.3, 0.4) is 0 Å². The van der Waals surface area contributed by atoms with Gasteiger partial charge in [0.05, 0.1) is 49.4 Å². The van der Waals surface area contributed by atoms with Crippen LogP contribution >= 0.6 is 69.4 Å². The average molecular weight is 735 g/mol. The molecule has 0 bridgehead atoms. The van der Waals surface area contributed by atoms with Crippen molar-refractivity contribution in [2.24, 2.45) is 11.8 Å². The zero-order chi connectivity index (χ0) is 33.9. The lowest BCUT2D eigenvalue weighted by molar-refractivity contribution is 0.168. The summed E-state index contributed by atoms with van der Waals surface area (Å²) in [6, 6.07) is 4.11. The number of hydrogen-bond donors (Lipinski definition) is 0. The van der Waals surface area contributed by atoms with Gasteiger partial charge in [-0.25, -0.2) is 0 Å². The van der Waals surface area contributed by atoms with Gasteiger partial charge in [-0.15, -0.1) is 0 Å². The minimum Gasteiger partial charge on any atom is -0.475 e. The summed E-state index contributed by atoms with van der Waals surface area (Å²) in [6.07, 6.45) is 1.57. The molecule has 0 heterocycles. The molecule has 4 unspecified atom stereocenters. The molecule has 0 spiro atoms. The first-order chi connectivity index (χ1) is 18.9. The molecule has 0 amide bonds. The molecular weight excluding hydrogens is 678 g/mol. The predicted molar refractivity (Wildman–Crippen MR) is 204 cm³/mol. The molecule has 0 aliphatic rings. The smallest absolute Gasteiger partial charge is 0.221 e. The van der Waals surface area contributed by atoms with Gasteiger partial charge in [-0.1, -0.05) is 65.2 Å². The Bertz CT molecular complexity index is 1060. The van der Waals surface area contributed by atoms with Crippen molar-refractivity contribution >= 4 is 78.2 Å². The van der Waals surface area contributed by atoms with E-state index in [9.17, 15) is 13.7 Å². The quantitative estimate of drug-likeness (QED) is 0.133. The Morgan fingerprint density at radius 2 is 1.26 bits per heavy atom. The Morgan fingerprint density at radius 1 is 0.837 bits per heavy atom. The molecule has 0 aromatic rings. The highest BCUT2D eigenvalue weighted by atomic mass is 32.2. The third kappa shape index (κ3) is 30.3. The summed E-state index contributed by atoms with van der Waals surface area (Å²) in [6.45, 7) is 25.9. The molecule has 0 rings (SSSR count). The molecule has 0 aromatic heterocycles. The highest BCUT2D eigenvalue weighted by Crippen LogP contribution is 2.56. The lowest BCUT2D eigenvalue weighted by Crippen LogP contribution is -2.21. The van der Waals surface area contributed by atoms with Crippen LogP contribution in [0.15, 0.2) is 12.4 Å². The highest BCUT2D eigenvalue weighted by Gasteiger charge is 2.33. The Kier molecular flexibility index (Phi) is 29.0. The van der Waals surface area contributed by atoms with Crippen molar-refractivity contribution in [1.82, 2.24) is 0 Å². The molecule has 0 aliphatic carbocycles. The fourth-order valence-corrected chi connectivity index (χ4v) is 8.46. The van der Waals surface area contributed by atoms with Crippen molar-refractivity contribution in [3.63, 3.8) is 0 Å². The van der Waals surface area contributed by atoms with Crippen LogP contribution in [0, 0.1) is 34.5 Å². The van der Waals surface area contributed by atoms with Crippen LogP contribution in [0.2, 0.25) is 0 Å². The van der Waals surface area contributed by atoms with E-state index >= 15 is 0 Å². The molecule has 7 nitrogen and oxygen atoms in total. The fourth-order valence-electron chi connectivity index (χ4n) is 2.42. The number of rotatable bonds is 13. The standard InChI is InChI=1S/C16H31NO3P2S2.C8H13NOS2.C4H9OP.CH4/c1-12(2)13(3)20-16(23)24-15(22(6,7)19)11-14(9-8-10-17)21(4,5)18;1-6(2)7(3)10-8(11)12-5-4-9;1-4-6(2,3)5;/h12-15H,8-9,11H2,1-7H3;6-7H,5H2,1-3H3;4H,1H2,2-3H3;1H4. The lowest BCUT2D eigenvalue weighted by Gasteiger charge is -2.29. The highest BCUT2D eigenvalue weighted by molar-refractivity contribution is 8.26. The molecule has 0 N–H and O–H groups in total. The molecule has 0 radical (unpaired) electrons. The first-order valence-corrected chi connectivity index (χ1v) is 24.3. The molecule has 0 saturated heterocycles. The number of nitriles is 2. The minimum atomic E-state index is -2.46. The van der Waals surface area contributed by atoms with E-state index in [0.29, 0.717) is 45.6 Å². The molecule has 0 fully saturated rings. The Labute approximate surface area is 283 Å². The average Bonchev–Trinajstić information content (AvgIpc) is 2.83. The third-order valence-corrected chi connectivity index (χ3v) is 14.7. The van der Waals surface area contributed by atoms with E-state index in [2.05, 4.69) is 40.3 Å². The van der Waals surface area contributed by atoms with Crippen LogP contribution in [0.25, 0.3) is 0 Å². The first-order valence-electron chi connectivity index (χ1n) is 13.6. The van der Waals surface area contributed by atoms with Crippen LogP contribution in [0.4, 0.5) is 0 Å². The Morgan fingerprint density at radius 3 is 1.56 bits per heavy atom. The summed E-state index contributed by atoms with van der Waals surface area (Å²) in [5.41, 5.74) is -0.117. The van der Waals surface area contributed by atoms with Crippen molar-refractivity contribution in [3.8, 4) is 12.1 Å². The fraction of sp³-hybridized carbons (Fsp3) is 0.793. The van der Waals surface area contributed by atoms with Gasteiger partial charge in [-0.2, -0.15) is 10.5 Å². The van der Waals surface area contributed by atoms with Gasteiger partial charge in [0.25, 0.3) is 0 Å². The summed E-state index contributed by atoms with van der Waals surface area (Å²) >= 11 is 12.8. The Hall–Kier alpha value is -0.110.